The number of pyridine rings is 1. The van der Waals surface area contributed by atoms with Crippen LogP contribution >= 0.6 is 0 Å². The van der Waals surface area contributed by atoms with Gasteiger partial charge < -0.3 is 9.88 Å². The predicted molar refractivity (Wildman–Crippen MR) is 87.2 cm³/mol. The van der Waals surface area contributed by atoms with E-state index in [9.17, 15) is 4.79 Å². The van der Waals surface area contributed by atoms with Gasteiger partial charge >= 0.3 is 0 Å². The molecule has 2 aliphatic rings. The van der Waals surface area contributed by atoms with Crippen molar-refractivity contribution in [2.75, 3.05) is 0 Å². The summed E-state index contributed by atoms with van der Waals surface area (Å²) in [5.41, 5.74) is 2.99. The number of nitrogens with zero attached hydrogens (tertiary/aromatic N) is 3. The van der Waals surface area contributed by atoms with Gasteiger partial charge in [0.15, 0.2) is 0 Å². The van der Waals surface area contributed by atoms with Gasteiger partial charge in [0, 0.05) is 19.2 Å². The van der Waals surface area contributed by atoms with Crippen LogP contribution in [0.2, 0.25) is 0 Å². The summed E-state index contributed by atoms with van der Waals surface area (Å²) in [6, 6.07) is 4.11. The lowest BCUT2D eigenvalue weighted by Crippen LogP contribution is -2.33. The molecule has 1 aliphatic carbocycles. The maximum absolute atomic E-state index is 12.8. The van der Waals surface area contributed by atoms with Gasteiger partial charge in [-0.25, -0.2) is 4.98 Å². The topological polar surface area (TPSA) is 59.8 Å². The molecule has 0 fully saturated rings. The van der Waals surface area contributed by atoms with Crippen molar-refractivity contribution in [1.29, 1.82) is 0 Å². The SMILES string of the molecule is O=C(N[C@@H]1CCCc2cccnc21)c1cnc2n1CCCCC2. The number of aromatic nitrogens is 3. The molecule has 0 bridgehead atoms. The third-order valence-corrected chi connectivity index (χ3v) is 4.95. The van der Waals surface area contributed by atoms with Crippen LogP contribution in [0.1, 0.15) is 65.7 Å². The maximum Gasteiger partial charge on any atom is 0.270 e. The van der Waals surface area contributed by atoms with Crippen molar-refractivity contribution in [2.45, 2.75) is 57.5 Å². The maximum atomic E-state index is 12.8. The second-order valence-corrected chi connectivity index (χ2v) is 6.49. The Morgan fingerprint density at radius 1 is 1.17 bits per heavy atom. The van der Waals surface area contributed by atoms with Crippen molar-refractivity contribution in [3.8, 4) is 0 Å². The van der Waals surface area contributed by atoms with Crippen LogP contribution in [0.25, 0.3) is 0 Å². The van der Waals surface area contributed by atoms with Crippen molar-refractivity contribution < 1.29 is 4.79 Å². The summed E-state index contributed by atoms with van der Waals surface area (Å²) in [6.07, 6.45) is 11.1. The van der Waals surface area contributed by atoms with E-state index >= 15 is 0 Å². The number of carbonyl (C=O) groups excluding carboxylic acids is 1. The lowest BCUT2D eigenvalue weighted by molar-refractivity contribution is 0.0922. The minimum Gasteiger partial charge on any atom is -0.342 e. The monoisotopic (exact) mass is 310 g/mol. The van der Waals surface area contributed by atoms with E-state index in [0.29, 0.717) is 5.69 Å². The molecule has 3 heterocycles. The zero-order valence-corrected chi connectivity index (χ0v) is 13.3. The zero-order valence-electron chi connectivity index (χ0n) is 13.3. The molecule has 1 aliphatic heterocycles. The van der Waals surface area contributed by atoms with Crippen LogP contribution in [-0.2, 0) is 19.4 Å². The minimum absolute atomic E-state index is 0.0179. The van der Waals surface area contributed by atoms with E-state index in [2.05, 4.69) is 25.9 Å². The Morgan fingerprint density at radius 3 is 3.09 bits per heavy atom. The Labute approximate surface area is 136 Å². The molecular weight excluding hydrogens is 288 g/mol. The number of rotatable bonds is 2. The van der Waals surface area contributed by atoms with Crippen molar-refractivity contribution in [2.24, 2.45) is 0 Å². The molecule has 0 saturated heterocycles. The highest BCUT2D eigenvalue weighted by molar-refractivity contribution is 5.92. The molecule has 0 unspecified atom stereocenters. The van der Waals surface area contributed by atoms with E-state index in [1.54, 1.807) is 6.20 Å². The predicted octanol–water partition coefficient (Wildman–Crippen LogP) is 2.81. The number of fused-ring (bicyclic) bond motifs is 2. The highest BCUT2D eigenvalue weighted by Gasteiger charge is 2.25. The van der Waals surface area contributed by atoms with Crippen LogP contribution in [0.5, 0.6) is 0 Å². The number of nitrogens with one attached hydrogen (secondary N) is 1. The number of amides is 1. The van der Waals surface area contributed by atoms with Gasteiger partial charge in [0.25, 0.3) is 5.91 Å². The minimum atomic E-state index is -0.0193. The van der Waals surface area contributed by atoms with Gasteiger partial charge in [-0.3, -0.25) is 9.78 Å². The van der Waals surface area contributed by atoms with Crippen LogP contribution in [0.3, 0.4) is 0 Å². The fourth-order valence-corrected chi connectivity index (χ4v) is 3.76. The summed E-state index contributed by atoms with van der Waals surface area (Å²) in [7, 11) is 0. The van der Waals surface area contributed by atoms with Crippen molar-refractivity contribution in [1.82, 2.24) is 19.9 Å². The fourth-order valence-electron chi connectivity index (χ4n) is 3.76. The van der Waals surface area contributed by atoms with Crippen LogP contribution < -0.4 is 5.32 Å². The van der Waals surface area contributed by atoms with Crippen molar-refractivity contribution in [3.63, 3.8) is 0 Å². The van der Waals surface area contributed by atoms with Gasteiger partial charge in [0.1, 0.15) is 11.5 Å². The first kappa shape index (κ1) is 14.4. The molecule has 120 valence electrons. The molecule has 0 radical (unpaired) electrons. The highest BCUT2D eigenvalue weighted by atomic mass is 16.2. The molecule has 23 heavy (non-hydrogen) atoms. The zero-order chi connectivity index (χ0) is 15.6. The van der Waals surface area contributed by atoms with Gasteiger partial charge in [-0.05, 0) is 43.7 Å². The van der Waals surface area contributed by atoms with Crippen LogP contribution in [-0.4, -0.2) is 20.4 Å². The normalized spacial score (nSPS) is 20.3. The molecule has 0 spiro atoms. The summed E-state index contributed by atoms with van der Waals surface area (Å²) in [5.74, 6) is 1.03. The molecule has 5 heteroatoms. The second kappa shape index (κ2) is 6.14. The van der Waals surface area contributed by atoms with E-state index in [0.717, 1.165) is 56.6 Å². The molecule has 5 nitrogen and oxygen atoms in total. The Morgan fingerprint density at radius 2 is 2.13 bits per heavy atom. The van der Waals surface area contributed by atoms with Crippen LogP contribution in [0.4, 0.5) is 0 Å². The molecule has 1 atom stereocenters. The first-order valence-corrected chi connectivity index (χ1v) is 8.62. The molecule has 4 rings (SSSR count). The standard InChI is InChI=1S/C18H22N4O/c23-18(15-12-20-16-9-2-1-3-11-22(15)16)21-14-8-4-6-13-7-5-10-19-17(13)14/h5,7,10,12,14H,1-4,6,8-9,11H2,(H,21,23)/t14-/m1/s1. The Bertz CT molecular complexity index is 722. The summed E-state index contributed by atoms with van der Waals surface area (Å²) in [6.45, 7) is 0.900. The molecule has 2 aromatic rings. The molecular formula is C18H22N4O. The van der Waals surface area contributed by atoms with E-state index < -0.39 is 0 Å². The molecule has 1 N–H and O–H groups in total. The van der Waals surface area contributed by atoms with Crippen LogP contribution in [0, 0.1) is 0 Å². The largest absolute Gasteiger partial charge is 0.342 e. The molecule has 2 aromatic heterocycles. The van der Waals surface area contributed by atoms with Gasteiger partial charge in [-0.15, -0.1) is 0 Å². The number of hydrogen-bond donors (Lipinski definition) is 1. The molecule has 1 amide bonds. The number of hydrogen-bond acceptors (Lipinski definition) is 3. The van der Waals surface area contributed by atoms with Crippen LogP contribution in [0.15, 0.2) is 24.5 Å². The van der Waals surface area contributed by atoms with Gasteiger partial charge in [0.2, 0.25) is 0 Å². The van der Waals surface area contributed by atoms with Crippen molar-refractivity contribution in [3.05, 3.63) is 47.3 Å². The molecule has 0 aromatic carbocycles. The first-order valence-electron chi connectivity index (χ1n) is 8.62. The smallest absolute Gasteiger partial charge is 0.270 e. The van der Waals surface area contributed by atoms with E-state index in [1.165, 1.54) is 12.0 Å². The highest BCUT2D eigenvalue weighted by Crippen LogP contribution is 2.28. The fraction of sp³-hybridized carbons (Fsp3) is 0.500. The lowest BCUT2D eigenvalue weighted by atomic mass is 9.92. The van der Waals surface area contributed by atoms with Gasteiger partial charge in [-0.1, -0.05) is 12.5 Å². The summed E-state index contributed by atoms with van der Waals surface area (Å²) in [5, 5.41) is 3.19. The van der Waals surface area contributed by atoms with E-state index in [-0.39, 0.29) is 11.9 Å². The Hall–Kier alpha value is -2.17. The summed E-state index contributed by atoms with van der Waals surface area (Å²) in [4.78, 5) is 21.7. The molecule has 0 saturated carbocycles. The number of carbonyl (C=O) groups is 1. The van der Waals surface area contributed by atoms with Gasteiger partial charge in [0.05, 0.1) is 17.9 Å². The Balaban J connectivity index is 1.56. The average molecular weight is 310 g/mol. The second-order valence-electron chi connectivity index (χ2n) is 6.49. The van der Waals surface area contributed by atoms with E-state index in [4.69, 9.17) is 0 Å². The number of aryl methyl sites for hydroxylation is 2. The van der Waals surface area contributed by atoms with Gasteiger partial charge in [-0.2, -0.15) is 0 Å². The van der Waals surface area contributed by atoms with Crippen molar-refractivity contribution >= 4 is 5.91 Å². The average Bonchev–Trinajstić information content (AvgIpc) is 2.84. The third-order valence-electron chi connectivity index (χ3n) is 4.95. The lowest BCUT2D eigenvalue weighted by Gasteiger charge is -2.25. The Kier molecular flexibility index (Phi) is 3.85. The summed E-state index contributed by atoms with van der Waals surface area (Å²) >= 11 is 0. The quantitative estimate of drug-likeness (QED) is 0.928. The summed E-state index contributed by atoms with van der Waals surface area (Å²) < 4.78 is 2.10. The van der Waals surface area contributed by atoms with E-state index in [1.807, 2.05) is 12.3 Å². The number of imidazole rings is 1. The first-order chi connectivity index (χ1) is 11.3. The third kappa shape index (κ3) is 2.76.